The van der Waals surface area contributed by atoms with Crippen LogP contribution >= 0.6 is 23.8 Å². The topological polar surface area (TPSA) is 42.3 Å². The van der Waals surface area contributed by atoms with Gasteiger partial charge in [0.05, 0.1) is 24.9 Å². The maximum absolute atomic E-state index is 6.40. The lowest BCUT2D eigenvalue weighted by atomic mass is 9.96. The number of aryl methyl sites for hydroxylation is 2. The highest BCUT2D eigenvalue weighted by atomic mass is 35.5. The molecule has 1 aliphatic heterocycles. The first-order chi connectivity index (χ1) is 17.4. The molecule has 1 saturated heterocycles. The van der Waals surface area contributed by atoms with Gasteiger partial charge in [-0.05, 0) is 92.1 Å². The molecule has 4 aromatic rings. The van der Waals surface area contributed by atoms with E-state index < -0.39 is 0 Å². The fraction of sp³-hybridized carbons (Fsp3) is 0.241. The van der Waals surface area contributed by atoms with E-state index in [4.69, 9.17) is 28.6 Å². The molecule has 5 nitrogen and oxygen atoms in total. The van der Waals surface area contributed by atoms with Crippen molar-refractivity contribution in [3.05, 3.63) is 112 Å². The van der Waals surface area contributed by atoms with E-state index in [1.165, 1.54) is 11.1 Å². The van der Waals surface area contributed by atoms with Crippen molar-refractivity contribution in [2.24, 2.45) is 0 Å². The van der Waals surface area contributed by atoms with Crippen LogP contribution < -0.4 is 10.1 Å². The highest BCUT2D eigenvalue weighted by molar-refractivity contribution is 7.80. The van der Waals surface area contributed by atoms with Gasteiger partial charge in [0.2, 0.25) is 0 Å². The molecule has 0 saturated carbocycles. The van der Waals surface area contributed by atoms with Gasteiger partial charge in [-0.3, -0.25) is 4.98 Å². The summed E-state index contributed by atoms with van der Waals surface area (Å²) in [5.41, 5.74) is 7.91. The molecule has 7 heteroatoms. The Labute approximate surface area is 222 Å². The third kappa shape index (κ3) is 4.47. The van der Waals surface area contributed by atoms with Gasteiger partial charge in [0, 0.05) is 34.8 Å². The molecule has 1 N–H and O–H groups in total. The first-order valence-electron chi connectivity index (χ1n) is 11.9. The molecule has 0 unspecified atom stereocenters. The van der Waals surface area contributed by atoms with Crippen molar-refractivity contribution in [1.29, 1.82) is 0 Å². The summed E-state index contributed by atoms with van der Waals surface area (Å²) in [6.45, 7) is 7.10. The number of rotatable bonds is 6. The number of halogens is 1. The summed E-state index contributed by atoms with van der Waals surface area (Å²) in [6, 6.07) is 22.4. The highest BCUT2D eigenvalue weighted by Gasteiger charge is 2.41. The minimum atomic E-state index is -0.0774. The predicted octanol–water partition coefficient (Wildman–Crippen LogP) is 6.63. The molecule has 2 aromatic carbocycles. The number of methoxy groups -OCH3 is 1. The predicted molar refractivity (Wildman–Crippen MR) is 149 cm³/mol. The van der Waals surface area contributed by atoms with Gasteiger partial charge in [0.25, 0.3) is 0 Å². The summed E-state index contributed by atoms with van der Waals surface area (Å²) < 4.78 is 7.64. The standard InChI is InChI=1S/C29H29ClN4OS/c1-18-8-11-22(30)16-26(18)34-19(2)15-24(20(34)3)28-27(25-7-5-6-14-31-25)32-29(36)33(28)17-21-9-12-23(35-4)13-10-21/h5-16,27-28H,17H2,1-4H3,(H,32,36)/t27-,28+/m1/s1. The Morgan fingerprint density at radius 3 is 2.50 bits per heavy atom. The van der Waals surface area contributed by atoms with Crippen molar-refractivity contribution in [2.45, 2.75) is 39.4 Å². The zero-order chi connectivity index (χ0) is 25.4. The van der Waals surface area contributed by atoms with Crippen LogP contribution in [-0.4, -0.2) is 26.7 Å². The van der Waals surface area contributed by atoms with Crippen molar-refractivity contribution in [3.8, 4) is 11.4 Å². The fourth-order valence-electron chi connectivity index (χ4n) is 5.12. The second-order valence-electron chi connectivity index (χ2n) is 9.20. The van der Waals surface area contributed by atoms with Crippen molar-refractivity contribution >= 4 is 28.9 Å². The molecule has 2 atom stereocenters. The van der Waals surface area contributed by atoms with Crippen LogP contribution in [0.2, 0.25) is 5.02 Å². The van der Waals surface area contributed by atoms with Gasteiger partial charge in [-0.15, -0.1) is 0 Å². The van der Waals surface area contributed by atoms with Crippen LogP contribution in [0, 0.1) is 20.8 Å². The summed E-state index contributed by atoms with van der Waals surface area (Å²) in [5, 5.41) is 5.01. The second-order valence-corrected chi connectivity index (χ2v) is 10.0. The van der Waals surface area contributed by atoms with Crippen LogP contribution in [0.1, 0.15) is 45.9 Å². The van der Waals surface area contributed by atoms with E-state index in [-0.39, 0.29) is 12.1 Å². The molecule has 3 heterocycles. The lowest BCUT2D eigenvalue weighted by Gasteiger charge is -2.28. The third-order valence-electron chi connectivity index (χ3n) is 6.91. The Kier molecular flexibility index (Phi) is 6.73. The summed E-state index contributed by atoms with van der Waals surface area (Å²) in [5.74, 6) is 0.837. The fourth-order valence-corrected chi connectivity index (χ4v) is 5.59. The van der Waals surface area contributed by atoms with E-state index in [0.717, 1.165) is 44.2 Å². The maximum atomic E-state index is 6.40. The van der Waals surface area contributed by atoms with Crippen molar-refractivity contribution in [3.63, 3.8) is 0 Å². The molecule has 0 aliphatic carbocycles. The molecule has 0 bridgehead atoms. The van der Waals surface area contributed by atoms with Gasteiger partial charge < -0.3 is 19.5 Å². The lowest BCUT2D eigenvalue weighted by molar-refractivity contribution is 0.310. The Balaban J connectivity index is 1.61. The number of hydrogen-bond donors (Lipinski definition) is 1. The molecule has 2 aromatic heterocycles. The van der Waals surface area contributed by atoms with Crippen LogP contribution in [0.5, 0.6) is 5.75 Å². The first kappa shape index (κ1) is 24.3. The number of aromatic nitrogens is 2. The summed E-state index contributed by atoms with van der Waals surface area (Å²) in [4.78, 5) is 6.96. The third-order valence-corrected chi connectivity index (χ3v) is 7.50. The number of thiocarbonyl (C=S) groups is 1. The molecule has 1 fully saturated rings. The van der Waals surface area contributed by atoms with Crippen LogP contribution in [-0.2, 0) is 6.54 Å². The van der Waals surface area contributed by atoms with E-state index in [0.29, 0.717) is 6.54 Å². The number of nitrogens with one attached hydrogen (secondary N) is 1. The Bertz CT molecular complexity index is 1400. The van der Waals surface area contributed by atoms with E-state index in [2.05, 4.69) is 70.9 Å². The Morgan fingerprint density at radius 2 is 1.81 bits per heavy atom. The normalized spacial score (nSPS) is 17.4. The quantitative estimate of drug-likeness (QED) is 0.291. The smallest absolute Gasteiger partial charge is 0.170 e. The van der Waals surface area contributed by atoms with Crippen LogP contribution in [0.25, 0.3) is 5.69 Å². The maximum Gasteiger partial charge on any atom is 0.170 e. The van der Waals surface area contributed by atoms with Gasteiger partial charge in [-0.25, -0.2) is 0 Å². The molecule has 1 aliphatic rings. The Morgan fingerprint density at radius 1 is 1.03 bits per heavy atom. The largest absolute Gasteiger partial charge is 0.497 e. The zero-order valence-electron chi connectivity index (χ0n) is 20.8. The summed E-state index contributed by atoms with van der Waals surface area (Å²) in [7, 11) is 1.68. The Hall–Kier alpha value is -3.35. The van der Waals surface area contributed by atoms with E-state index in [1.807, 2.05) is 42.6 Å². The number of benzene rings is 2. The van der Waals surface area contributed by atoms with Crippen molar-refractivity contribution < 1.29 is 4.74 Å². The van der Waals surface area contributed by atoms with Crippen LogP contribution in [0.15, 0.2) is 72.9 Å². The molecule has 0 radical (unpaired) electrons. The number of hydrogen-bond acceptors (Lipinski definition) is 3. The van der Waals surface area contributed by atoms with Crippen molar-refractivity contribution in [2.75, 3.05) is 7.11 Å². The van der Waals surface area contributed by atoms with Crippen LogP contribution in [0.3, 0.4) is 0 Å². The van der Waals surface area contributed by atoms with Crippen molar-refractivity contribution in [1.82, 2.24) is 19.8 Å². The van der Waals surface area contributed by atoms with Gasteiger partial charge in [0.15, 0.2) is 5.11 Å². The second kappa shape index (κ2) is 9.96. The molecular weight excluding hydrogens is 488 g/mol. The van der Waals surface area contributed by atoms with Gasteiger partial charge >= 0.3 is 0 Å². The highest BCUT2D eigenvalue weighted by Crippen LogP contribution is 2.42. The zero-order valence-corrected chi connectivity index (χ0v) is 22.4. The van der Waals surface area contributed by atoms with E-state index in [1.54, 1.807) is 7.11 Å². The minimum Gasteiger partial charge on any atom is -0.497 e. The number of ether oxygens (including phenoxy) is 1. The monoisotopic (exact) mass is 516 g/mol. The average molecular weight is 517 g/mol. The first-order valence-corrected chi connectivity index (χ1v) is 12.7. The molecule has 36 heavy (non-hydrogen) atoms. The molecule has 5 rings (SSSR count). The van der Waals surface area contributed by atoms with E-state index in [9.17, 15) is 0 Å². The van der Waals surface area contributed by atoms with Gasteiger partial charge in [-0.2, -0.15) is 0 Å². The molecule has 184 valence electrons. The summed E-state index contributed by atoms with van der Waals surface area (Å²) in [6.07, 6.45) is 1.84. The van der Waals surface area contributed by atoms with E-state index >= 15 is 0 Å². The molecule has 0 amide bonds. The number of nitrogens with zero attached hydrogens (tertiary/aromatic N) is 3. The molecule has 0 spiro atoms. The average Bonchev–Trinajstić information content (AvgIpc) is 3.36. The lowest BCUT2D eigenvalue weighted by Crippen LogP contribution is -2.29. The SMILES string of the molecule is COc1ccc(CN2C(=S)N[C@H](c3ccccn3)[C@@H]2c2cc(C)n(-c3cc(Cl)ccc3C)c2C)cc1. The molecular formula is C29H29ClN4OS. The van der Waals surface area contributed by atoms with Gasteiger partial charge in [0.1, 0.15) is 5.75 Å². The van der Waals surface area contributed by atoms with Gasteiger partial charge in [-0.1, -0.05) is 35.9 Å². The minimum absolute atomic E-state index is 0.0334. The van der Waals surface area contributed by atoms with Crippen LogP contribution in [0.4, 0.5) is 0 Å². The number of pyridine rings is 1. The summed E-state index contributed by atoms with van der Waals surface area (Å²) >= 11 is 12.3.